The molecule has 0 radical (unpaired) electrons. The first-order valence-electron chi connectivity index (χ1n) is 7.99. The number of urea groups is 1. The minimum atomic E-state index is -0.798. The maximum absolute atomic E-state index is 12.4. The Kier molecular flexibility index (Phi) is 5.51. The number of carbonyl (C=O) groups is 1. The molecule has 0 spiro atoms. The first-order valence-corrected chi connectivity index (χ1v) is 7.99. The fraction of sp³-hybridized carbons (Fsp3) is 0.471. The molecule has 0 N–H and O–H groups in total. The largest absolute Gasteiger partial charge is 0.493 e. The number of benzene rings is 1. The molecule has 136 valence electrons. The number of ether oxygens (including phenoxy) is 2. The summed E-state index contributed by atoms with van der Waals surface area (Å²) in [4.78, 5) is 26.2. The molecular weight excluding hydrogens is 326 g/mol. The van der Waals surface area contributed by atoms with Crippen LogP contribution in [-0.4, -0.2) is 48.6 Å². The molecule has 0 saturated heterocycles. The van der Waals surface area contributed by atoms with Gasteiger partial charge in [-0.1, -0.05) is 13.0 Å². The third-order valence-corrected chi connectivity index (χ3v) is 4.27. The minimum absolute atomic E-state index is 0.0334. The summed E-state index contributed by atoms with van der Waals surface area (Å²) in [5.41, 5.74) is 0.882. The molecule has 1 unspecified atom stereocenters. The second-order valence-electron chi connectivity index (χ2n) is 5.84. The monoisotopic (exact) mass is 349 g/mol. The Balaban J connectivity index is 2.54. The Morgan fingerprint density at radius 3 is 2.52 bits per heavy atom. The fourth-order valence-electron chi connectivity index (χ4n) is 2.84. The van der Waals surface area contributed by atoms with Gasteiger partial charge in [-0.25, -0.2) is 4.79 Å². The Bertz CT molecular complexity index is 716. The molecule has 1 heterocycles. The summed E-state index contributed by atoms with van der Waals surface area (Å²) in [6, 6.07) is 4.02. The van der Waals surface area contributed by atoms with Crippen LogP contribution in [0.15, 0.2) is 29.6 Å². The van der Waals surface area contributed by atoms with Crippen molar-refractivity contribution in [1.29, 1.82) is 0 Å². The number of methoxy groups -OCH3 is 1. The number of nitro groups is 1. The topological polar surface area (TPSA) is 85.2 Å². The molecule has 1 atom stereocenters. The van der Waals surface area contributed by atoms with Crippen molar-refractivity contribution in [2.24, 2.45) is 0 Å². The van der Waals surface area contributed by atoms with Crippen molar-refractivity contribution in [2.75, 3.05) is 27.8 Å². The van der Waals surface area contributed by atoms with Crippen molar-refractivity contribution >= 4 is 6.03 Å². The van der Waals surface area contributed by atoms with Crippen LogP contribution in [0, 0.1) is 10.1 Å². The number of rotatable bonds is 6. The summed E-state index contributed by atoms with van der Waals surface area (Å²) in [6.45, 7) is 4.12. The first kappa shape index (κ1) is 18.6. The van der Waals surface area contributed by atoms with Gasteiger partial charge in [0, 0.05) is 14.1 Å². The van der Waals surface area contributed by atoms with E-state index in [2.05, 4.69) is 0 Å². The summed E-state index contributed by atoms with van der Waals surface area (Å²) in [7, 11) is 4.58. The summed E-state index contributed by atoms with van der Waals surface area (Å²) in [5, 5.41) is 11.6. The Morgan fingerprint density at radius 1 is 1.28 bits per heavy atom. The lowest BCUT2D eigenvalue weighted by molar-refractivity contribution is -0.436. The van der Waals surface area contributed by atoms with Crippen LogP contribution in [0.3, 0.4) is 0 Å². The maximum Gasteiger partial charge on any atom is 0.324 e. The molecule has 2 rings (SSSR count). The SMILES string of the molecule is CCCOc1ccc(C2C([N+](=O)[O-])=C(C)N(C)C(=O)N2C)cc1OC. The molecule has 1 aliphatic rings. The Labute approximate surface area is 146 Å². The Morgan fingerprint density at radius 2 is 1.96 bits per heavy atom. The number of likely N-dealkylation sites (N-methyl/N-ethyl adjacent to an activating group) is 1. The van der Waals surface area contributed by atoms with Crippen molar-refractivity contribution < 1.29 is 19.2 Å². The van der Waals surface area contributed by atoms with Gasteiger partial charge < -0.3 is 14.4 Å². The van der Waals surface area contributed by atoms with Crippen LogP contribution >= 0.6 is 0 Å². The van der Waals surface area contributed by atoms with Crippen LogP contribution in [0.5, 0.6) is 11.5 Å². The third-order valence-electron chi connectivity index (χ3n) is 4.27. The van der Waals surface area contributed by atoms with Crippen LogP contribution < -0.4 is 9.47 Å². The average Bonchev–Trinajstić information content (AvgIpc) is 2.60. The summed E-state index contributed by atoms with van der Waals surface area (Å²) in [6.07, 6.45) is 0.852. The van der Waals surface area contributed by atoms with Gasteiger partial charge in [0.05, 0.1) is 24.3 Å². The van der Waals surface area contributed by atoms with E-state index < -0.39 is 11.0 Å². The van der Waals surface area contributed by atoms with Crippen molar-refractivity contribution in [1.82, 2.24) is 9.80 Å². The van der Waals surface area contributed by atoms with Crippen LogP contribution in [0.2, 0.25) is 0 Å². The van der Waals surface area contributed by atoms with Crippen LogP contribution in [0.25, 0.3) is 0 Å². The van der Waals surface area contributed by atoms with Gasteiger partial charge in [-0.15, -0.1) is 0 Å². The molecule has 25 heavy (non-hydrogen) atoms. The summed E-state index contributed by atoms with van der Waals surface area (Å²) >= 11 is 0. The quantitative estimate of drug-likeness (QED) is 0.582. The van der Waals surface area contributed by atoms with E-state index >= 15 is 0 Å². The molecule has 0 fully saturated rings. The lowest BCUT2D eigenvalue weighted by atomic mass is 9.98. The number of allylic oxidation sites excluding steroid dienone is 1. The highest BCUT2D eigenvalue weighted by molar-refractivity contribution is 5.78. The fourth-order valence-corrected chi connectivity index (χ4v) is 2.84. The number of hydrogen-bond donors (Lipinski definition) is 0. The second-order valence-corrected chi connectivity index (χ2v) is 5.84. The zero-order chi connectivity index (χ0) is 18.7. The number of carbonyl (C=O) groups excluding carboxylic acids is 1. The number of nitrogens with zero attached hydrogens (tertiary/aromatic N) is 3. The van der Waals surface area contributed by atoms with E-state index in [0.29, 0.717) is 29.4 Å². The molecule has 0 saturated carbocycles. The molecular formula is C17H23N3O5. The van der Waals surface area contributed by atoms with E-state index in [0.717, 1.165) is 6.42 Å². The molecule has 0 bridgehead atoms. The van der Waals surface area contributed by atoms with Gasteiger partial charge in [-0.2, -0.15) is 0 Å². The van der Waals surface area contributed by atoms with E-state index in [4.69, 9.17) is 9.47 Å². The second kappa shape index (κ2) is 7.42. The molecule has 1 aromatic carbocycles. The van der Waals surface area contributed by atoms with Crippen molar-refractivity contribution in [3.8, 4) is 11.5 Å². The van der Waals surface area contributed by atoms with Gasteiger partial charge in [-0.3, -0.25) is 15.0 Å². The first-order chi connectivity index (χ1) is 11.8. The van der Waals surface area contributed by atoms with E-state index in [1.165, 1.54) is 24.0 Å². The molecule has 8 heteroatoms. The lowest BCUT2D eigenvalue weighted by Crippen LogP contribution is -2.47. The standard InChI is InChI=1S/C17H23N3O5/c1-6-9-25-13-8-7-12(10-14(13)24-5)16-15(20(22)23)11(2)18(3)17(21)19(16)4/h7-8,10,16H,6,9H2,1-5H3. The number of amides is 2. The molecule has 0 aromatic heterocycles. The normalized spacial score (nSPS) is 17.8. The van der Waals surface area contributed by atoms with E-state index in [1.807, 2.05) is 6.92 Å². The van der Waals surface area contributed by atoms with Gasteiger partial charge in [0.1, 0.15) is 0 Å². The Hall–Kier alpha value is -2.77. The van der Waals surface area contributed by atoms with Gasteiger partial charge in [0.25, 0.3) is 5.70 Å². The third kappa shape index (κ3) is 3.38. The van der Waals surface area contributed by atoms with Crippen LogP contribution in [-0.2, 0) is 0 Å². The zero-order valence-electron chi connectivity index (χ0n) is 15.1. The summed E-state index contributed by atoms with van der Waals surface area (Å²) < 4.78 is 11.0. The average molecular weight is 349 g/mol. The smallest absolute Gasteiger partial charge is 0.324 e. The highest BCUT2D eigenvalue weighted by atomic mass is 16.6. The predicted molar refractivity (Wildman–Crippen MR) is 92.1 cm³/mol. The van der Waals surface area contributed by atoms with Gasteiger partial charge in [0.15, 0.2) is 17.5 Å². The van der Waals surface area contributed by atoms with E-state index in [1.54, 1.807) is 32.2 Å². The molecule has 8 nitrogen and oxygen atoms in total. The van der Waals surface area contributed by atoms with Crippen LogP contribution in [0.1, 0.15) is 31.9 Å². The summed E-state index contributed by atoms with van der Waals surface area (Å²) in [5.74, 6) is 1.05. The van der Waals surface area contributed by atoms with E-state index in [-0.39, 0.29) is 11.7 Å². The van der Waals surface area contributed by atoms with Crippen molar-refractivity contribution in [3.63, 3.8) is 0 Å². The molecule has 0 aliphatic carbocycles. The highest BCUT2D eigenvalue weighted by Crippen LogP contribution is 2.39. The zero-order valence-corrected chi connectivity index (χ0v) is 15.1. The minimum Gasteiger partial charge on any atom is -0.493 e. The lowest BCUT2D eigenvalue weighted by Gasteiger charge is -2.36. The van der Waals surface area contributed by atoms with Gasteiger partial charge in [-0.05, 0) is 31.0 Å². The molecule has 2 amide bonds. The van der Waals surface area contributed by atoms with Gasteiger partial charge >= 0.3 is 6.03 Å². The number of hydrogen-bond acceptors (Lipinski definition) is 5. The van der Waals surface area contributed by atoms with Crippen LogP contribution in [0.4, 0.5) is 4.79 Å². The van der Waals surface area contributed by atoms with Crippen molar-refractivity contribution in [2.45, 2.75) is 26.3 Å². The van der Waals surface area contributed by atoms with Crippen molar-refractivity contribution in [3.05, 3.63) is 45.3 Å². The van der Waals surface area contributed by atoms with E-state index in [9.17, 15) is 14.9 Å². The maximum atomic E-state index is 12.4. The highest BCUT2D eigenvalue weighted by Gasteiger charge is 2.42. The molecule has 1 aliphatic heterocycles. The molecule has 1 aromatic rings. The predicted octanol–water partition coefficient (Wildman–Crippen LogP) is 3.03. The van der Waals surface area contributed by atoms with Gasteiger partial charge in [0.2, 0.25) is 0 Å².